The Labute approximate surface area is 113 Å². The molecule has 2 aromatic rings. The van der Waals surface area contributed by atoms with Crippen LogP contribution in [0.1, 0.15) is 44.5 Å². The molecule has 0 aliphatic rings. The number of imidazole rings is 1. The highest BCUT2D eigenvalue weighted by molar-refractivity contribution is 6.20. The van der Waals surface area contributed by atoms with Crippen LogP contribution >= 0.6 is 11.6 Å². The predicted octanol–water partition coefficient (Wildman–Crippen LogP) is 4.09. The van der Waals surface area contributed by atoms with Gasteiger partial charge in [-0.15, -0.1) is 11.6 Å². The van der Waals surface area contributed by atoms with Gasteiger partial charge in [0.05, 0.1) is 5.38 Å². The standard InChI is InChI=1S/C14H20ClN3/c1-9-6-7-16-13-11(9)17-12(10(2)15)18(13)8-14(3,4)5/h6-7,10H,8H2,1-5H3. The summed E-state index contributed by atoms with van der Waals surface area (Å²) < 4.78 is 2.15. The largest absolute Gasteiger partial charge is 0.311 e. The summed E-state index contributed by atoms with van der Waals surface area (Å²) in [5, 5.41) is -0.110. The Bertz CT molecular complexity index is 564. The number of hydrogen-bond acceptors (Lipinski definition) is 2. The molecular formula is C14H20ClN3. The van der Waals surface area contributed by atoms with Crippen molar-refractivity contribution in [3.63, 3.8) is 0 Å². The van der Waals surface area contributed by atoms with E-state index < -0.39 is 0 Å². The molecule has 2 heterocycles. The van der Waals surface area contributed by atoms with E-state index in [0.29, 0.717) is 0 Å². The van der Waals surface area contributed by atoms with Gasteiger partial charge in [-0.05, 0) is 30.9 Å². The summed E-state index contributed by atoms with van der Waals surface area (Å²) in [5.74, 6) is 0.906. The molecule has 0 fully saturated rings. The number of nitrogens with zero attached hydrogens (tertiary/aromatic N) is 3. The molecule has 0 aliphatic carbocycles. The maximum atomic E-state index is 6.25. The zero-order chi connectivity index (χ0) is 13.5. The van der Waals surface area contributed by atoms with Crippen molar-refractivity contribution in [1.82, 2.24) is 14.5 Å². The van der Waals surface area contributed by atoms with Crippen molar-refractivity contribution < 1.29 is 0 Å². The first-order chi connectivity index (χ1) is 8.29. The molecule has 0 radical (unpaired) electrons. The van der Waals surface area contributed by atoms with E-state index in [9.17, 15) is 0 Å². The summed E-state index contributed by atoms with van der Waals surface area (Å²) in [6.45, 7) is 11.5. The number of aryl methyl sites for hydroxylation is 1. The third-order valence-corrected chi connectivity index (χ3v) is 3.05. The van der Waals surface area contributed by atoms with E-state index in [4.69, 9.17) is 11.6 Å². The van der Waals surface area contributed by atoms with E-state index >= 15 is 0 Å². The van der Waals surface area contributed by atoms with E-state index in [-0.39, 0.29) is 10.8 Å². The van der Waals surface area contributed by atoms with E-state index in [1.165, 1.54) is 0 Å². The number of aromatic nitrogens is 3. The fraction of sp³-hybridized carbons (Fsp3) is 0.571. The normalized spacial score (nSPS) is 14.1. The molecule has 0 bridgehead atoms. The van der Waals surface area contributed by atoms with Crippen LogP contribution in [0.15, 0.2) is 12.3 Å². The lowest BCUT2D eigenvalue weighted by Crippen LogP contribution is -2.18. The average Bonchev–Trinajstić information content (AvgIpc) is 2.57. The Hall–Kier alpha value is -1.09. The van der Waals surface area contributed by atoms with Crippen LogP contribution < -0.4 is 0 Å². The summed E-state index contributed by atoms with van der Waals surface area (Å²) in [6.07, 6.45) is 1.83. The third-order valence-electron chi connectivity index (χ3n) is 2.85. The number of rotatable bonds is 2. The molecule has 2 aromatic heterocycles. The van der Waals surface area contributed by atoms with Crippen molar-refractivity contribution >= 4 is 22.8 Å². The lowest BCUT2D eigenvalue weighted by Gasteiger charge is -2.21. The van der Waals surface area contributed by atoms with Crippen LogP contribution in [-0.2, 0) is 6.54 Å². The van der Waals surface area contributed by atoms with Gasteiger partial charge < -0.3 is 4.57 Å². The molecule has 3 nitrogen and oxygen atoms in total. The van der Waals surface area contributed by atoms with Gasteiger partial charge >= 0.3 is 0 Å². The summed E-state index contributed by atoms with van der Waals surface area (Å²) >= 11 is 6.25. The van der Waals surface area contributed by atoms with Gasteiger partial charge in [0.15, 0.2) is 5.65 Å². The summed E-state index contributed by atoms with van der Waals surface area (Å²) in [5.41, 5.74) is 3.21. The molecule has 1 unspecified atom stereocenters. The maximum Gasteiger partial charge on any atom is 0.160 e. The second-order valence-corrected chi connectivity index (χ2v) is 6.69. The molecule has 0 N–H and O–H groups in total. The summed E-state index contributed by atoms with van der Waals surface area (Å²) in [7, 11) is 0. The number of hydrogen-bond donors (Lipinski definition) is 0. The molecule has 18 heavy (non-hydrogen) atoms. The minimum atomic E-state index is -0.110. The van der Waals surface area contributed by atoms with Crippen LogP contribution in [0.3, 0.4) is 0 Å². The van der Waals surface area contributed by atoms with Crippen LogP contribution in [0.5, 0.6) is 0 Å². The maximum absolute atomic E-state index is 6.25. The van der Waals surface area contributed by atoms with Crippen molar-refractivity contribution in [3.05, 3.63) is 23.7 Å². The van der Waals surface area contributed by atoms with Crippen molar-refractivity contribution in [1.29, 1.82) is 0 Å². The van der Waals surface area contributed by atoms with Gasteiger partial charge in [0.1, 0.15) is 11.3 Å². The average molecular weight is 266 g/mol. The van der Waals surface area contributed by atoms with Gasteiger partial charge in [-0.25, -0.2) is 9.97 Å². The van der Waals surface area contributed by atoms with Gasteiger partial charge in [-0.3, -0.25) is 0 Å². The minimum absolute atomic E-state index is 0.110. The molecule has 0 amide bonds. The van der Waals surface area contributed by atoms with Gasteiger partial charge in [0.25, 0.3) is 0 Å². The molecule has 2 rings (SSSR count). The van der Waals surface area contributed by atoms with Crippen LogP contribution in [-0.4, -0.2) is 14.5 Å². The SMILES string of the molecule is Cc1ccnc2c1nc(C(C)Cl)n2CC(C)(C)C. The Morgan fingerprint density at radius 3 is 2.61 bits per heavy atom. The number of pyridine rings is 1. The fourth-order valence-electron chi connectivity index (χ4n) is 2.09. The second kappa shape index (κ2) is 4.54. The fourth-order valence-corrected chi connectivity index (χ4v) is 2.26. The molecule has 0 spiro atoms. The third kappa shape index (κ3) is 2.51. The molecule has 1 atom stereocenters. The van der Waals surface area contributed by atoms with Crippen molar-refractivity contribution in [3.8, 4) is 0 Å². The minimum Gasteiger partial charge on any atom is -0.311 e. The van der Waals surface area contributed by atoms with Crippen LogP contribution in [0.25, 0.3) is 11.2 Å². The van der Waals surface area contributed by atoms with E-state index in [0.717, 1.165) is 29.1 Å². The lowest BCUT2D eigenvalue weighted by atomic mass is 9.97. The zero-order valence-corrected chi connectivity index (χ0v) is 12.4. The van der Waals surface area contributed by atoms with Crippen LogP contribution in [0.4, 0.5) is 0 Å². The van der Waals surface area contributed by atoms with E-state index in [1.807, 2.05) is 19.2 Å². The monoisotopic (exact) mass is 265 g/mol. The van der Waals surface area contributed by atoms with Crippen molar-refractivity contribution in [2.24, 2.45) is 5.41 Å². The Morgan fingerprint density at radius 2 is 2.06 bits per heavy atom. The zero-order valence-electron chi connectivity index (χ0n) is 11.7. The van der Waals surface area contributed by atoms with Gasteiger partial charge in [0.2, 0.25) is 0 Å². The van der Waals surface area contributed by atoms with Gasteiger partial charge in [-0.2, -0.15) is 0 Å². The lowest BCUT2D eigenvalue weighted by molar-refractivity contribution is 0.342. The second-order valence-electron chi connectivity index (χ2n) is 6.03. The van der Waals surface area contributed by atoms with E-state index in [1.54, 1.807) is 0 Å². The summed E-state index contributed by atoms with van der Waals surface area (Å²) in [6, 6.07) is 1.99. The van der Waals surface area contributed by atoms with Crippen LogP contribution in [0.2, 0.25) is 0 Å². The van der Waals surface area contributed by atoms with Crippen molar-refractivity contribution in [2.75, 3.05) is 0 Å². The van der Waals surface area contributed by atoms with Crippen molar-refractivity contribution in [2.45, 2.75) is 46.5 Å². The molecule has 0 aromatic carbocycles. The number of fused-ring (bicyclic) bond motifs is 1. The van der Waals surface area contributed by atoms with Gasteiger partial charge in [0, 0.05) is 12.7 Å². The molecule has 98 valence electrons. The van der Waals surface area contributed by atoms with Crippen LogP contribution in [0, 0.1) is 12.3 Å². The number of halogens is 1. The first kappa shape index (κ1) is 13.3. The molecule has 0 saturated carbocycles. The first-order valence-corrected chi connectivity index (χ1v) is 6.69. The Balaban J connectivity index is 2.67. The first-order valence-electron chi connectivity index (χ1n) is 6.25. The highest BCUT2D eigenvalue weighted by Gasteiger charge is 2.21. The molecular weight excluding hydrogens is 246 g/mol. The van der Waals surface area contributed by atoms with Gasteiger partial charge in [-0.1, -0.05) is 20.8 Å². The van der Waals surface area contributed by atoms with E-state index in [2.05, 4.69) is 42.2 Å². The Kier molecular flexibility index (Phi) is 3.37. The molecule has 4 heteroatoms. The topological polar surface area (TPSA) is 30.7 Å². The summed E-state index contributed by atoms with van der Waals surface area (Å²) in [4.78, 5) is 9.14. The highest BCUT2D eigenvalue weighted by Crippen LogP contribution is 2.28. The predicted molar refractivity (Wildman–Crippen MR) is 76.0 cm³/mol. The smallest absolute Gasteiger partial charge is 0.160 e. The highest BCUT2D eigenvalue weighted by atomic mass is 35.5. The quantitative estimate of drug-likeness (QED) is 0.766. The number of alkyl halides is 1. The molecule has 0 aliphatic heterocycles. The molecule has 0 saturated heterocycles. The Morgan fingerprint density at radius 1 is 1.39 bits per heavy atom.